The van der Waals surface area contributed by atoms with E-state index in [1.54, 1.807) is 44.9 Å². The average molecular weight is 216 g/mol. The minimum Gasteiger partial charge on any atom is -0.0654 e. The average Bonchev–Trinajstić information content (AvgIpc) is 2.60. The molecule has 0 aromatic carbocycles. The number of rotatable bonds is 2. The van der Waals surface area contributed by atoms with E-state index < -0.39 is 0 Å². The van der Waals surface area contributed by atoms with E-state index in [1.807, 2.05) is 0 Å². The Morgan fingerprint density at radius 1 is 1.06 bits per heavy atom. The molecular formula is C16H24. The van der Waals surface area contributed by atoms with Crippen molar-refractivity contribution in [1.82, 2.24) is 0 Å². The van der Waals surface area contributed by atoms with Crippen molar-refractivity contribution in [3.05, 3.63) is 0 Å². The van der Waals surface area contributed by atoms with Gasteiger partial charge in [0.1, 0.15) is 0 Å². The summed E-state index contributed by atoms with van der Waals surface area (Å²) >= 11 is 0. The minimum absolute atomic E-state index is 0.931. The summed E-state index contributed by atoms with van der Waals surface area (Å²) in [5.41, 5.74) is 2.82. The molecule has 88 valence electrons. The number of hydrogen-bond acceptors (Lipinski definition) is 0. The molecule has 0 N–H and O–H groups in total. The van der Waals surface area contributed by atoms with Gasteiger partial charge in [-0.2, -0.15) is 0 Å². The van der Waals surface area contributed by atoms with Crippen molar-refractivity contribution in [3.8, 4) is 0 Å². The van der Waals surface area contributed by atoms with Gasteiger partial charge in [0.2, 0.25) is 0 Å². The molecule has 0 saturated heterocycles. The van der Waals surface area contributed by atoms with E-state index in [0.717, 1.165) is 22.2 Å². The van der Waals surface area contributed by atoms with E-state index >= 15 is 0 Å². The lowest BCUT2D eigenvalue weighted by atomic mass is 9.52. The van der Waals surface area contributed by atoms with Gasteiger partial charge in [-0.3, -0.25) is 0 Å². The Labute approximate surface area is 99.2 Å². The van der Waals surface area contributed by atoms with Crippen molar-refractivity contribution in [2.24, 2.45) is 34.0 Å². The molecule has 5 aliphatic rings. The zero-order chi connectivity index (χ0) is 10.6. The Balaban J connectivity index is 1.55. The monoisotopic (exact) mass is 216 g/mol. The topological polar surface area (TPSA) is 0 Å². The molecule has 2 spiro atoms. The summed E-state index contributed by atoms with van der Waals surface area (Å²) in [7, 11) is 0. The predicted octanol–water partition coefficient (Wildman–Crippen LogP) is 4.39. The summed E-state index contributed by atoms with van der Waals surface area (Å²) in [5.74, 6) is 3.57. The summed E-state index contributed by atoms with van der Waals surface area (Å²) in [6, 6.07) is 0. The van der Waals surface area contributed by atoms with Crippen LogP contribution >= 0.6 is 0 Å². The first kappa shape index (κ1) is 9.00. The number of hydrogen-bond donors (Lipinski definition) is 0. The molecule has 2 bridgehead atoms. The zero-order valence-electron chi connectivity index (χ0n) is 10.6. The lowest BCUT2D eigenvalue weighted by molar-refractivity contribution is -0.0327. The molecule has 0 amide bonds. The first-order chi connectivity index (χ1) is 7.79. The van der Waals surface area contributed by atoms with Crippen LogP contribution in [0.1, 0.15) is 64.7 Å². The Bertz CT molecular complexity index is 372. The fraction of sp³-hybridized carbons (Fsp3) is 1.00. The highest BCUT2D eigenvalue weighted by molar-refractivity contribution is 5.41. The molecule has 0 nitrogen and oxygen atoms in total. The van der Waals surface area contributed by atoms with Crippen molar-refractivity contribution in [2.75, 3.05) is 0 Å². The van der Waals surface area contributed by atoms with Crippen LogP contribution in [0.2, 0.25) is 0 Å². The van der Waals surface area contributed by atoms with Gasteiger partial charge in [0.25, 0.3) is 0 Å². The van der Waals surface area contributed by atoms with Gasteiger partial charge in [0.15, 0.2) is 0 Å². The quantitative estimate of drug-likeness (QED) is 0.642. The highest BCUT2D eigenvalue weighted by Gasteiger charge is 2.93. The van der Waals surface area contributed by atoms with Gasteiger partial charge in [-0.15, -0.1) is 0 Å². The Morgan fingerprint density at radius 3 is 2.62 bits per heavy atom. The third-order valence-electron chi connectivity index (χ3n) is 8.18. The van der Waals surface area contributed by atoms with Crippen LogP contribution in [0.25, 0.3) is 0 Å². The van der Waals surface area contributed by atoms with Crippen LogP contribution in [0.3, 0.4) is 0 Å². The summed E-state index contributed by atoms with van der Waals surface area (Å²) in [6.45, 7) is 2.38. The third-order valence-corrected chi connectivity index (χ3v) is 8.18. The van der Waals surface area contributed by atoms with E-state index in [-0.39, 0.29) is 0 Å². The fourth-order valence-electron chi connectivity index (χ4n) is 7.92. The molecule has 5 rings (SSSR count). The van der Waals surface area contributed by atoms with Crippen molar-refractivity contribution < 1.29 is 0 Å². The van der Waals surface area contributed by atoms with Gasteiger partial charge in [-0.05, 0) is 78.9 Å². The Morgan fingerprint density at radius 2 is 1.94 bits per heavy atom. The maximum atomic E-state index is 2.38. The summed E-state index contributed by atoms with van der Waals surface area (Å²) in [4.78, 5) is 0. The fourth-order valence-corrected chi connectivity index (χ4v) is 7.92. The van der Waals surface area contributed by atoms with Gasteiger partial charge in [-0.25, -0.2) is 0 Å². The van der Waals surface area contributed by atoms with Gasteiger partial charge in [0.05, 0.1) is 0 Å². The van der Waals surface area contributed by atoms with Crippen LogP contribution in [0.5, 0.6) is 0 Å². The molecule has 0 aromatic rings. The lowest BCUT2D eigenvalue weighted by Crippen LogP contribution is -2.44. The largest absolute Gasteiger partial charge is 0.0654 e. The van der Waals surface area contributed by atoms with Crippen LogP contribution in [0.4, 0.5) is 0 Å². The van der Waals surface area contributed by atoms with E-state index in [0.29, 0.717) is 0 Å². The van der Waals surface area contributed by atoms with Crippen LogP contribution in [0, 0.1) is 34.0 Å². The third kappa shape index (κ3) is 0.578. The second-order valence-corrected chi connectivity index (χ2v) is 7.87. The summed E-state index contributed by atoms with van der Waals surface area (Å²) in [5, 5.41) is 0. The molecule has 4 unspecified atom stereocenters. The molecular weight excluding hydrogens is 192 g/mol. The lowest BCUT2D eigenvalue weighted by Gasteiger charge is -2.52. The predicted molar refractivity (Wildman–Crippen MR) is 65.0 cm³/mol. The maximum Gasteiger partial charge on any atom is -0.0142 e. The summed E-state index contributed by atoms with van der Waals surface area (Å²) in [6.07, 6.45) is 14.5. The normalized spacial score (nSPS) is 68.4. The summed E-state index contributed by atoms with van der Waals surface area (Å²) < 4.78 is 0. The maximum absolute atomic E-state index is 2.38. The Hall–Kier alpha value is 0. The van der Waals surface area contributed by atoms with Crippen molar-refractivity contribution in [2.45, 2.75) is 64.7 Å². The van der Waals surface area contributed by atoms with Crippen molar-refractivity contribution >= 4 is 0 Å². The zero-order valence-corrected chi connectivity index (χ0v) is 10.6. The van der Waals surface area contributed by atoms with Crippen LogP contribution < -0.4 is 0 Å². The smallest absolute Gasteiger partial charge is 0.0142 e. The van der Waals surface area contributed by atoms with E-state index in [1.165, 1.54) is 24.7 Å². The molecule has 5 saturated carbocycles. The van der Waals surface area contributed by atoms with Crippen molar-refractivity contribution in [1.29, 1.82) is 0 Å². The van der Waals surface area contributed by atoms with Gasteiger partial charge < -0.3 is 0 Å². The van der Waals surface area contributed by atoms with E-state index in [4.69, 9.17) is 0 Å². The standard InChI is InChI=1S/C16H24/c1-2-3-11-8-13-15-7-6-14(16(13,15)9-11)5-4-12(14)10-15/h11-13H,2-10H2,1H3/t11?,12?,13-,14+,15?,16?/m1/s1. The van der Waals surface area contributed by atoms with Crippen LogP contribution in [0.15, 0.2) is 0 Å². The van der Waals surface area contributed by atoms with Gasteiger partial charge in [-0.1, -0.05) is 19.8 Å². The molecule has 5 fully saturated rings. The minimum atomic E-state index is 0.931. The highest BCUT2D eigenvalue weighted by atomic mass is 15.0. The van der Waals surface area contributed by atoms with Crippen LogP contribution in [-0.2, 0) is 0 Å². The molecule has 0 radical (unpaired) electrons. The Kier molecular flexibility index (Phi) is 1.28. The molecule has 6 atom stereocenters. The molecule has 0 aromatic heterocycles. The van der Waals surface area contributed by atoms with Gasteiger partial charge >= 0.3 is 0 Å². The van der Waals surface area contributed by atoms with E-state index in [9.17, 15) is 0 Å². The first-order valence-electron chi connectivity index (χ1n) is 7.79. The molecule has 0 aliphatic heterocycles. The van der Waals surface area contributed by atoms with E-state index in [2.05, 4.69) is 6.92 Å². The van der Waals surface area contributed by atoms with Crippen LogP contribution in [-0.4, -0.2) is 0 Å². The highest BCUT2D eigenvalue weighted by Crippen LogP contribution is 3.00. The molecule has 5 aliphatic carbocycles. The molecule has 0 heteroatoms. The SMILES string of the molecule is CCCC1C[C@@H]2C34CC[C@]5(CCC5C3)C24C1. The second-order valence-electron chi connectivity index (χ2n) is 7.87. The van der Waals surface area contributed by atoms with Crippen molar-refractivity contribution in [3.63, 3.8) is 0 Å². The molecule has 0 heterocycles. The van der Waals surface area contributed by atoms with Gasteiger partial charge in [0, 0.05) is 0 Å². The second kappa shape index (κ2) is 2.27. The molecule has 16 heavy (non-hydrogen) atoms. The first-order valence-corrected chi connectivity index (χ1v) is 7.79.